The maximum atomic E-state index is 5.43. The number of aromatic nitrogens is 1. The quantitative estimate of drug-likeness (QED) is 0.560. The zero-order valence-corrected chi connectivity index (χ0v) is 4.85. The van der Waals surface area contributed by atoms with E-state index in [1.54, 1.807) is 6.07 Å². The first-order chi connectivity index (χ1) is 3.30. The molecular formula is C4H2Cl2N. The minimum Gasteiger partial charge on any atom is -0.343 e. The fraction of sp³-hybridized carbons (Fsp3) is 0. The van der Waals surface area contributed by atoms with Crippen molar-refractivity contribution in [3.8, 4) is 0 Å². The molecule has 1 N–H and O–H groups in total. The van der Waals surface area contributed by atoms with E-state index < -0.39 is 0 Å². The molecule has 0 aromatic carbocycles. The van der Waals surface area contributed by atoms with E-state index in [0.29, 0.717) is 10.2 Å². The molecule has 1 radical (unpaired) electrons. The summed E-state index contributed by atoms with van der Waals surface area (Å²) in [7, 11) is 0. The zero-order chi connectivity index (χ0) is 5.28. The monoisotopic (exact) mass is 134 g/mol. The van der Waals surface area contributed by atoms with Gasteiger partial charge in [-0.2, -0.15) is 0 Å². The minimum absolute atomic E-state index is 0.446. The van der Waals surface area contributed by atoms with Crippen LogP contribution in [0.3, 0.4) is 0 Å². The Labute approximate surface area is 51.2 Å². The molecule has 1 aromatic rings. The van der Waals surface area contributed by atoms with E-state index in [0.717, 1.165) is 0 Å². The molecule has 0 saturated carbocycles. The maximum absolute atomic E-state index is 5.43. The predicted molar refractivity (Wildman–Crippen MR) is 29.6 cm³/mol. The molecule has 0 aliphatic rings. The summed E-state index contributed by atoms with van der Waals surface area (Å²) >= 11 is 10.8. The highest BCUT2D eigenvalue weighted by atomic mass is 35.5. The lowest BCUT2D eigenvalue weighted by Gasteiger charge is -1.75. The molecule has 3 heteroatoms. The Bertz CT molecular complexity index is 142. The Hall–Kier alpha value is -0.140. The molecule has 0 aliphatic carbocycles. The molecule has 0 bridgehead atoms. The summed E-state index contributed by atoms with van der Waals surface area (Å²) in [5.74, 6) is 0. The van der Waals surface area contributed by atoms with E-state index in [1.807, 2.05) is 0 Å². The first-order valence-corrected chi connectivity index (χ1v) is 2.46. The summed E-state index contributed by atoms with van der Waals surface area (Å²) in [5.41, 5.74) is 0. The summed E-state index contributed by atoms with van der Waals surface area (Å²) < 4.78 is 0. The normalized spacial score (nSPS) is 9.43. The third-order valence-corrected chi connectivity index (χ3v) is 1.28. The zero-order valence-electron chi connectivity index (χ0n) is 3.33. The minimum atomic E-state index is 0.446. The van der Waals surface area contributed by atoms with E-state index in [2.05, 4.69) is 11.2 Å². The van der Waals surface area contributed by atoms with E-state index in [4.69, 9.17) is 23.2 Å². The molecular weight excluding hydrogens is 133 g/mol. The van der Waals surface area contributed by atoms with Crippen LogP contribution in [-0.2, 0) is 0 Å². The van der Waals surface area contributed by atoms with E-state index in [-0.39, 0.29) is 0 Å². The SMILES string of the molecule is Clc1c[c][nH]c1Cl. The van der Waals surface area contributed by atoms with Crippen molar-refractivity contribution in [3.63, 3.8) is 0 Å². The van der Waals surface area contributed by atoms with Crippen LogP contribution in [0.15, 0.2) is 6.07 Å². The van der Waals surface area contributed by atoms with Crippen LogP contribution < -0.4 is 0 Å². The van der Waals surface area contributed by atoms with Crippen LogP contribution in [0.25, 0.3) is 0 Å². The van der Waals surface area contributed by atoms with Crippen LogP contribution in [0, 0.1) is 6.20 Å². The second-order valence-electron chi connectivity index (χ2n) is 1.08. The van der Waals surface area contributed by atoms with Crippen LogP contribution in [0.5, 0.6) is 0 Å². The second kappa shape index (κ2) is 1.76. The molecule has 0 saturated heterocycles. The molecule has 1 aromatic heterocycles. The van der Waals surface area contributed by atoms with E-state index in [1.165, 1.54) is 0 Å². The number of halogens is 2. The number of hydrogen-bond donors (Lipinski definition) is 1. The Morgan fingerprint density at radius 3 is 2.43 bits per heavy atom. The van der Waals surface area contributed by atoms with Crippen molar-refractivity contribution in [2.24, 2.45) is 0 Å². The van der Waals surface area contributed by atoms with Crippen molar-refractivity contribution in [1.29, 1.82) is 0 Å². The van der Waals surface area contributed by atoms with Gasteiger partial charge in [-0.25, -0.2) is 0 Å². The molecule has 37 valence electrons. The Balaban J connectivity index is 3.12. The Morgan fingerprint density at radius 2 is 2.29 bits per heavy atom. The van der Waals surface area contributed by atoms with Gasteiger partial charge in [-0.05, 0) is 6.07 Å². The number of rotatable bonds is 0. The molecule has 0 atom stereocenters. The molecule has 1 rings (SSSR count). The third-order valence-electron chi connectivity index (χ3n) is 0.590. The second-order valence-corrected chi connectivity index (χ2v) is 1.86. The van der Waals surface area contributed by atoms with Gasteiger partial charge in [0.2, 0.25) is 0 Å². The lowest BCUT2D eigenvalue weighted by atomic mass is 10.7. The van der Waals surface area contributed by atoms with Crippen molar-refractivity contribution in [3.05, 3.63) is 22.4 Å². The number of H-pyrrole nitrogens is 1. The summed E-state index contributed by atoms with van der Waals surface area (Å²) in [6.45, 7) is 0. The maximum Gasteiger partial charge on any atom is 0.125 e. The van der Waals surface area contributed by atoms with Crippen LogP contribution in [-0.4, -0.2) is 4.98 Å². The summed E-state index contributed by atoms with van der Waals surface area (Å²) in [5, 5.41) is 0.961. The molecule has 7 heavy (non-hydrogen) atoms. The fourth-order valence-electron chi connectivity index (χ4n) is 0.286. The molecule has 0 spiro atoms. The summed E-state index contributed by atoms with van der Waals surface area (Å²) in [6.07, 6.45) is 2.61. The molecule has 0 aliphatic heterocycles. The van der Waals surface area contributed by atoms with Crippen molar-refractivity contribution in [1.82, 2.24) is 4.98 Å². The average Bonchev–Trinajstić information content (AvgIpc) is 1.91. The Kier molecular flexibility index (Phi) is 1.26. The number of hydrogen-bond acceptors (Lipinski definition) is 0. The van der Waals surface area contributed by atoms with Crippen LogP contribution in [0.4, 0.5) is 0 Å². The van der Waals surface area contributed by atoms with Gasteiger partial charge in [0.15, 0.2) is 0 Å². The van der Waals surface area contributed by atoms with Crippen molar-refractivity contribution >= 4 is 23.2 Å². The highest BCUT2D eigenvalue weighted by Crippen LogP contribution is 2.17. The molecule has 1 nitrogen and oxygen atoms in total. The van der Waals surface area contributed by atoms with Gasteiger partial charge in [-0.15, -0.1) is 0 Å². The largest absolute Gasteiger partial charge is 0.343 e. The van der Waals surface area contributed by atoms with Crippen LogP contribution >= 0.6 is 23.2 Å². The van der Waals surface area contributed by atoms with Gasteiger partial charge in [-0.1, -0.05) is 23.2 Å². The van der Waals surface area contributed by atoms with Gasteiger partial charge in [0.05, 0.1) is 11.2 Å². The standard InChI is InChI=1S/C4H2Cl2N/c5-3-1-2-7-4(3)6/h1,7H. The third kappa shape index (κ3) is 0.898. The highest BCUT2D eigenvalue weighted by Gasteiger charge is 1.92. The van der Waals surface area contributed by atoms with Gasteiger partial charge < -0.3 is 4.98 Å². The predicted octanol–water partition coefficient (Wildman–Crippen LogP) is 2.12. The summed E-state index contributed by atoms with van der Waals surface area (Å²) in [6, 6.07) is 1.57. The topological polar surface area (TPSA) is 15.8 Å². The van der Waals surface area contributed by atoms with Gasteiger partial charge >= 0.3 is 0 Å². The van der Waals surface area contributed by atoms with Gasteiger partial charge in [0, 0.05) is 0 Å². The summed E-state index contributed by atoms with van der Waals surface area (Å²) in [4.78, 5) is 2.58. The lowest BCUT2D eigenvalue weighted by Crippen LogP contribution is -1.54. The first-order valence-electron chi connectivity index (χ1n) is 1.71. The van der Waals surface area contributed by atoms with E-state index >= 15 is 0 Å². The van der Waals surface area contributed by atoms with Gasteiger partial charge in [-0.3, -0.25) is 0 Å². The van der Waals surface area contributed by atoms with Crippen LogP contribution in [0.1, 0.15) is 0 Å². The highest BCUT2D eigenvalue weighted by molar-refractivity contribution is 6.41. The van der Waals surface area contributed by atoms with Gasteiger partial charge in [0.1, 0.15) is 5.15 Å². The van der Waals surface area contributed by atoms with Crippen molar-refractivity contribution in [2.75, 3.05) is 0 Å². The van der Waals surface area contributed by atoms with Gasteiger partial charge in [0.25, 0.3) is 0 Å². The Morgan fingerprint density at radius 1 is 1.57 bits per heavy atom. The van der Waals surface area contributed by atoms with Crippen molar-refractivity contribution in [2.45, 2.75) is 0 Å². The molecule has 0 unspecified atom stereocenters. The molecule has 0 fully saturated rings. The smallest absolute Gasteiger partial charge is 0.125 e. The first kappa shape index (κ1) is 5.01. The fourth-order valence-corrected chi connectivity index (χ4v) is 0.497. The molecule has 0 amide bonds. The number of nitrogens with one attached hydrogen (secondary N) is 1. The number of aromatic amines is 1. The van der Waals surface area contributed by atoms with E-state index in [9.17, 15) is 0 Å². The van der Waals surface area contributed by atoms with Crippen LogP contribution in [0.2, 0.25) is 10.2 Å². The average molecular weight is 135 g/mol. The molecule has 1 heterocycles. The van der Waals surface area contributed by atoms with Crippen molar-refractivity contribution < 1.29 is 0 Å². The lowest BCUT2D eigenvalue weighted by molar-refractivity contribution is 1.40.